The fourth-order valence-corrected chi connectivity index (χ4v) is 4.35. The number of ether oxygens (including phenoxy) is 2. The summed E-state index contributed by atoms with van der Waals surface area (Å²) in [5.74, 6) is -1.63. The minimum atomic E-state index is -0.879. The molecule has 0 saturated carbocycles. The monoisotopic (exact) mass is 439 g/mol. The van der Waals surface area contributed by atoms with Gasteiger partial charge >= 0.3 is 18.0 Å². The fourth-order valence-electron chi connectivity index (χ4n) is 3.46. The van der Waals surface area contributed by atoms with Gasteiger partial charge in [-0.1, -0.05) is 0 Å². The van der Waals surface area contributed by atoms with Crippen molar-refractivity contribution >= 4 is 29.4 Å². The maximum Gasteiger partial charge on any atom is 0.410 e. The first kappa shape index (κ1) is 24.2. The highest BCUT2D eigenvalue weighted by Crippen LogP contribution is 2.31. The molecule has 1 fully saturated rings. The van der Waals surface area contributed by atoms with Crippen molar-refractivity contribution in [3.05, 3.63) is 21.9 Å². The van der Waals surface area contributed by atoms with Crippen LogP contribution in [0.4, 0.5) is 4.79 Å². The number of nitrogens with zero attached hydrogens (tertiary/aromatic N) is 1. The van der Waals surface area contributed by atoms with Crippen molar-refractivity contribution in [1.82, 2.24) is 4.90 Å². The van der Waals surface area contributed by atoms with Gasteiger partial charge in [0.25, 0.3) is 0 Å². The van der Waals surface area contributed by atoms with Gasteiger partial charge in [-0.3, -0.25) is 9.59 Å². The Labute approximate surface area is 182 Å². The molecule has 0 aromatic carbocycles. The molecule has 1 aliphatic heterocycles. The van der Waals surface area contributed by atoms with Crippen LogP contribution in [0.25, 0.3) is 0 Å². The van der Waals surface area contributed by atoms with E-state index in [0.29, 0.717) is 25.9 Å². The van der Waals surface area contributed by atoms with Gasteiger partial charge in [0.15, 0.2) is 0 Å². The smallest absolute Gasteiger partial charge is 0.410 e. The predicted octanol–water partition coefficient (Wildman–Crippen LogP) is 4.13. The number of amides is 1. The number of carbonyl (C=O) groups excluding carboxylic acids is 2. The minimum Gasteiger partial charge on any atom is -0.481 e. The topological polar surface area (TPSA) is 93.1 Å². The largest absolute Gasteiger partial charge is 0.481 e. The van der Waals surface area contributed by atoms with E-state index in [1.165, 1.54) is 11.3 Å². The molecule has 0 aliphatic carbocycles. The number of likely N-dealkylation sites (tertiary alicyclic amines) is 1. The molecule has 1 amide bonds. The normalized spacial score (nSPS) is 18.2. The molecule has 1 N–H and O–H groups in total. The van der Waals surface area contributed by atoms with Crippen LogP contribution in [0.1, 0.15) is 58.4 Å². The van der Waals surface area contributed by atoms with Gasteiger partial charge in [-0.2, -0.15) is 0 Å². The van der Waals surface area contributed by atoms with Crippen LogP contribution in [0.15, 0.2) is 11.4 Å². The lowest BCUT2D eigenvalue weighted by Crippen LogP contribution is -2.38. The average Bonchev–Trinajstić information content (AvgIpc) is 3.18. The summed E-state index contributed by atoms with van der Waals surface area (Å²) < 4.78 is 11.1. The highest BCUT2D eigenvalue weighted by molar-refractivity contribution is 7.10. The van der Waals surface area contributed by atoms with Crippen molar-refractivity contribution in [2.24, 2.45) is 11.8 Å². The van der Waals surface area contributed by atoms with E-state index in [4.69, 9.17) is 14.6 Å². The highest BCUT2D eigenvalue weighted by atomic mass is 32.1. The van der Waals surface area contributed by atoms with E-state index in [1.807, 2.05) is 53.0 Å². The SMILES string of the molecule is CC(C)(C)OC(=O)[C@@H](Cc1csc(CC(=O)O)c1)[C@H]1CCN(C(=O)OC(C)(C)C)C1. The maximum atomic E-state index is 13.0. The highest BCUT2D eigenvalue weighted by Gasteiger charge is 2.39. The summed E-state index contributed by atoms with van der Waals surface area (Å²) in [7, 11) is 0. The lowest BCUT2D eigenvalue weighted by Gasteiger charge is -2.28. The van der Waals surface area contributed by atoms with Gasteiger partial charge in [0, 0.05) is 18.0 Å². The number of esters is 1. The van der Waals surface area contributed by atoms with Crippen LogP contribution in [0.3, 0.4) is 0 Å². The number of aliphatic carboxylic acids is 1. The third-order valence-corrected chi connectivity index (χ3v) is 5.63. The Morgan fingerprint density at radius 1 is 1.17 bits per heavy atom. The molecular weight excluding hydrogens is 406 g/mol. The van der Waals surface area contributed by atoms with Crippen LogP contribution < -0.4 is 0 Å². The van der Waals surface area contributed by atoms with Crippen molar-refractivity contribution in [3.63, 3.8) is 0 Å². The Morgan fingerprint density at radius 2 is 1.80 bits per heavy atom. The molecule has 7 nitrogen and oxygen atoms in total. The number of rotatable bonds is 6. The average molecular weight is 440 g/mol. The van der Waals surface area contributed by atoms with Crippen LogP contribution in [0.2, 0.25) is 0 Å². The molecule has 1 aromatic heterocycles. The number of carboxylic acids is 1. The first-order valence-electron chi connectivity index (χ1n) is 10.2. The zero-order valence-corrected chi connectivity index (χ0v) is 19.5. The number of hydrogen-bond acceptors (Lipinski definition) is 6. The number of carboxylic acid groups (broad SMARTS) is 1. The van der Waals surface area contributed by atoms with Gasteiger partial charge in [-0.15, -0.1) is 11.3 Å². The Kier molecular flexibility index (Phi) is 7.55. The van der Waals surface area contributed by atoms with E-state index in [-0.39, 0.29) is 24.4 Å². The first-order chi connectivity index (χ1) is 13.7. The van der Waals surface area contributed by atoms with Crippen molar-refractivity contribution in [3.8, 4) is 0 Å². The van der Waals surface area contributed by atoms with Gasteiger partial charge in [-0.05, 0) is 77.3 Å². The van der Waals surface area contributed by atoms with Crippen LogP contribution in [0.5, 0.6) is 0 Å². The summed E-state index contributed by atoms with van der Waals surface area (Å²) in [6.07, 6.45) is 0.748. The van der Waals surface area contributed by atoms with E-state index in [9.17, 15) is 14.4 Å². The quantitative estimate of drug-likeness (QED) is 0.670. The lowest BCUT2D eigenvalue weighted by atomic mass is 9.86. The van der Waals surface area contributed by atoms with E-state index in [1.54, 1.807) is 4.90 Å². The van der Waals surface area contributed by atoms with Gasteiger partial charge in [0.05, 0.1) is 12.3 Å². The zero-order valence-electron chi connectivity index (χ0n) is 18.7. The molecule has 0 spiro atoms. The second-order valence-electron chi connectivity index (χ2n) is 9.81. The zero-order chi connectivity index (χ0) is 22.7. The molecule has 2 heterocycles. The second kappa shape index (κ2) is 9.37. The molecule has 0 bridgehead atoms. The molecule has 0 radical (unpaired) electrons. The molecule has 168 valence electrons. The summed E-state index contributed by atoms with van der Waals surface area (Å²) >= 11 is 1.38. The van der Waals surface area contributed by atoms with Crippen LogP contribution in [-0.2, 0) is 31.9 Å². The molecule has 0 unspecified atom stereocenters. The molecule has 1 aliphatic rings. The van der Waals surface area contributed by atoms with Crippen molar-refractivity contribution in [2.45, 2.75) is 72.0 Å². The molecule has 30 heavy (non-hydrogen) atoms. The van der Waals surface area contributed by atoms with Crippen molar-refractivity contribution in [1.29, 1.82) is 0 Å². The Morgan fingerprint density at radius 3 is 2.37 bits per heavy atom. The van der Waals surface area contributed by atoms with Gasteiger partial charge in [0.2, 0.25) is 0 Å². The standard InChI is InChI=1S/C22H33NO6S/c1-21(2,3)28-19(26)17(10-14-9-16(30-13-14)11-18(24)25)15-7-8-23(12-15)20(27)29-22(4,5)6/h9,13,15,17H,7-8,10-12H2,1-6H3,(H,24,25)/t15-,17-/m0/s1. The fraction of sp³-hybridized carbons (Fsp3) is 0.682. The van der Waals surface area contributed by atoms with E-state index >= 15 is 0 Å². The summed E-state index contributed by atoms with van der Waals surface area (Å²) in [6, 6.07) is 1.84. The molecule has 2 atom stereocenters. The number of carbonyl (C=O) groups is 3. The predicted molar refractivity (Wildman–Crippen MR) is 115 cm³/mol. The van der Waals surface area contributed by atoms with Gasteiger partial charge < -0.3 is 19.5 Å². The Balaban J connectivity index is 2.14. The van der Waals surface area contributed by atoms with E-state index in [0.717, 1.165) is 10.4 Å². The van der Waals surface area contributed by atoms with E-state index in [2.05, 4.69) is 0 Å². The molecule has 1 aromatic rings. The Hall–Kier alpha value is -2.09. The van der Waals surface area contributed by atoms with E-state index < -0.39 is 23.1 Å². The van der Waals surface area contributed by atoms with Crippen LogP contribution in [-0.4, -0.2) is 52.3 Å². The van der Waals surface area contributed by atoms with Crippen molar-refractivity contribution in [2.75, 3.05) is 13.1 Å². The second-order valence-corrected chi connectivity index (χ2v) is 10.8. The summed E-state index contributed by atoms with van der Waals surface area (Å²) in [5.41, 5.74) is -0.262. The summed E-state index contributed by atoms with van der Waals surface area (Å²) in [5, 5.41) is 10.9. The number of hydrogen-bond donors (Lipinski definition) is 1. The number of thiophene rings is 1. The van der Waals surface area contributed by atoms with Crippen LogP contribution in [0, 0.1) is 11.8 Å². The summed E-state index contributed by atoms with van der Waals surface area (Å²) in [6.45, 7) is 11.9. The van der Waals surface area contributed by atoms with Crippen LogP contribution >= 0.6 is 11.3 Å². The van der Waals surface area contributed by atoms with Gasteiger partial charge in [0.1, 0.15) is 11.2 Å². The summed E-state index contributed by atoms with van der Waals surface area (Å²) in [4.78, 5) is 38.8. The lowest BCUT2D eigenvalue weighted by molar-refractivity contribution is -0.162. The third-order valence-electron chi connectivity index (χ3n) is 4.64. The minimum absolute atomic E-state index is 0.0301. The molecule has 1 saturated heterocycles. The van der Waals surface area contributed by atoms with Crippen molar-refractivity contribution < 1.29 is 29.0 Å². The maximum absolute atomic E-state index is 13.0. The molecule has 8 heteroatoms. The Bertz CT molecular complexity index is 773. The van der Waals surface area contributed by atoms with Gasteiger partial charge in [-0.25, -0.2) is 4.79 Å². The molecular formula is C22H33NO6S. The molecule has 2 rings (SSSR count). The third kappa shape index (κ3) is 7.63. The first-order valence-corrected chi connectivity index (χ1v) is 11.1.